The number of hydrogen-bond acceptors (Lipinski definition) is 9. The fourth-order valence-corrected chi connectivity index (χ4v) is 7.47. The van der Waals surface area contributed by atoms with E-state index in [2.05, 4.69) is 38.5 Å². The number of aryl methyl sites for hydroxylation is 2. The van der Waals surface area contributed by atoms with Gasteiger partial charge in [-0.25, -0.2) is 28.1 Å². The van der Waals surface area contributed by atoms with Crippen LogP contribution in [0.1, 0.15) is 80.3 Å². The number of anilines is 1. The van der Waals surface area contributed by atoms with Gasteiger partial charge in [0.05, 0.1) is 41.2 Å². The van der Waals surface area contributed by atoms with Crippen LogP contribution in [0.2, 0.25) is 0 Å². The van der Waals surface area contributed by atoms with Gasteiger partial charge >= 0.3 is 0 Å². The van der Waals surface area contributed by atoms with Crippen molar-refractivity contribution in [2.24, 2.45) is 5.92 Å². The molecule has 0 spiro atoms. The average Bonchev–Trinajstić information content (AvgIpc) is 3.01. The average molecular weight is 657 g/mol. The van der Waals surface area contributed by atoms with Gasteiger partial charge in [0, 0.05) is 17.2 Å². The molecule has 0 aliphatic carbocycles. The maximum Gasteiger partial charge on any atom is 0.264 e. The van der Waals surface area contributed by atoms with Crippen molar-refractivity contribution in [3.63, 3.8) is 0 Å². The van der Waals surface area contributed by atoms with Crippen LogP contribution in [0.25, 0.3) is 11.3 Å². The van der Waals surface area contributed by atoms with Crippen LogP contribution in [-0.4, -0.2) is 57.4 Å². The van der Waals surface area contributed by atoms with Crippen molar-refractivity contribution < 1.29 is 22.7 Å². The van der Waals surface area contributed by atoms with Gasteiger partial charge in [0.2, 0.25) is 11.8 Å². The molecule has 2 aromatic heterocycles. The zero-order chi connectivity index (χ0) is 33.5. The van der Waals surface area contributed by atoms with E-state index in [9.17, 15) is 13.2 Å². The lowest BCUT2D eigenvalue weighted by Crippen LogP contribution is -2.55. The highest BCUT2D eigenvalue weighted by Gasteiger charge is 2.44. The van der Waals surface area contributed by atoms with Crippen molar-refractivity contribution in [2.45, 2.75) is 90.0 Å². The lowest BCUT2D eigenvalue weighted by molar-refractivity contribution is -0.0129. The number of rotatable bonds is 6. The van der Waals surface area contributed by atoms with E-state index in [1.807, 2.05) is 45.9 Å². The predicted octanol–water partition coefficient (Wildman–Crippen LogP) is 6.29. The molecular weight excluding hydrogens is 616 g/mol. The number of benzene rings is 2. The molecule has 47 heavy (non-hydrogen) atoms. The maximum absolute atomic E-state index is 14.6. The second kappa shape index (κ2) is 12.9. The SMILES string of the molecule is Cc1cccc(C)c1-c1cc2nc(n1)NS(=O)(=O)c1cccc(c1)C(=O)N1[C@@H](c3ncc(OC(C)C)cn3)CC[C@H](O2)[C@H]1CC(C)C. The van der Waals surface area contributed by atoms with Crippen LogP contribution in [0, 0.1) is 19.8 Å². The molecule has 2 aliphatic rings. The van der Waals surface area contributed by atoms with Crippen LogP contribution >= 0.6 is 0 Å². The second-order valence-corrected chi connectivity index (χ2v) is 14.6. The van der Waals surface area contributed by atoms with Crippen LogP contribution in [0.5, 0.6) is 11.6 Å². The van der Waals surface area contributed by atoms with Gasteiger partial charge in [0.15, 0.2) is 11.6 Å². The van der Waals surface area contributed by atoms with Crippen LogP contribution in [-0.2, 0) is 10.0 Å². The summed E-state index contributed by atoms with van der Waals surface area (Å²) in [6, 6.07) is 12.8. The van der Waals surface area contributed by atoms with E-state index in [1.54, 1.807) is 35.5 Å². The van der Waals surface area contributed by atoms with Gasteiger partial charge in [-0.15, -0.1) is 0 Å². The second-order valence-electron chi connectivity index (χ2n) is 12.9. The fraction of sp³-hybridized carbons (Fsp3) is 0.400. The lowest BCUT2D eigenvalue weighted by atomic mass is 9.86. The summed E-state index contributed by atoms with van der Waals surface area (Å²) >= 11 is 0. The Kier molecular flexibility index (Phi) is 8.88. The maximum atomic E-state index is 14.6. The minimum atomic E-state index is -4.18. The Morgan fingerprint density at radius 3 is 2.36 bits per heavy atom. The van der Waals surface area contributed by atoms with Crippen molar-refractivity contribution in [3.05, 3.63) is 83.4 Å². The number of carbonyl (C=O) groups is 1. The zero-order valence-electron chi connectivity index (χ0n) is 27.5. The number of aromatic nitrogens is 4. The Morgan fingerprint density at radius 1 is 0.979 bits per heavy atom. The quantitative estimate of drug-likeness (QED) is 0.254. The van der Waals surface area contributed by atoms with E-state index in [0.29, 0.717) is 36.5 Å². The van der Waals surface area contributed by atoms with Gasteiger partial charge in [0.1, 0.15) is 6.10 Å². The molecule has 0 saturated carbocycles. The molecule has 2 aliphatic heterocycles. The third-order valence-corrected chi connectivity index (χ3v) is 9.77. The summed E-state index contributed by atoms with van der Waals surface area (Å²) in [5.41, 5.74) is 3.59. The number of amides is 1. The molecule has 1 saturated heterocycles. The number of piperidine rings is 1. The minimum absolute atomic E-state index is 0.0382. The van der Waals surface area contributed by atoms with Crippen LogP contribution < -0.4 is 14.2 Å². The highest BCUT2D eigenvalue weighted by Crippen LogP contribution is 2.40. The van der Waals surface area contributed by atoms with Crippen LogP contribution in [0.3, 0.4) is 0 Å². The first-order chi connectivity index (χ1) is 22.4. The summed E-state index contributed by atoms with van der Waals surface area (Å²) in [6.45, 7) is 12.0. The molecule has 1 amide bonds. The molecule has 12 heteroatoms. The summed E-state index contributed by atoms with van der Waals surface area (Å²) in [7, 11) is -4.18. The molecule has 4 aromatic rings. The molecule has 6 rings (SSSR count). The summed E-state index contributed by atoms with van der Waals surface area (Å²) in [5, 5.41) is 0. The number of hydrogen-bond donors (Lipinski definition) is 1. The Hall–Kier alpha value is -4.58. The van der Waals surface area contributed by atoms with Gasteiger partial charge in [-0.1, -0.05) is 38.1 Å². The molecule has 11 nitrogen and oxygen atoms in total. The summed E-state index contributed by atoms with van der Waals surface area (Å²) in [4.78, 5) is 34.7. The van der Waals surface area contributed by atoms with E-state index in [0.717, 1.165) is 16.7 Å². The van der Waals surface area contributed by atoms with Crippen molar-refractivity contribution in [2.75, 3.05) is 4.72 Å². The fourth-order valence-electron chi connectivity index (χ4n) is 6.48. The Bertz CT molecular complexity index is 1880. The largest absolute Gasteiger partial charge is 0.488 e. The summed E-state index contributed by atoms with van der Waals surface area (Å²) in [6.07, 6.45) is 4.50. The summed E-state index contributed by atoms with van der Waals surface area (Å²) < 4.78 is 42.4. The normalized spacial score (nSPS) is 20.5. The number of fused-ring (bicyclic) bond motifs is 6. The molecule has 4 heterocycles. The first kappa shape index (κ1) is 32.4. The highest BCUT2D eigenvalue weighted by molar-refractivity contribution is 7.92. The van der Waals surface area contributed by atoms with Crippen LogP contribution in [0.4, 0.5) is 5.95 Å². The van der Waals surface area contributed by atoms with E-state index in [4.69, 9.17) is 9.47 Å². The number of ether oxygens (including phenoxy) is 2. The first-order valence-electron chi connectivity index (χ1n) is 16.0. The Labute approximate surface area is 275 Å². The number of nitrogens with zero attached hydrogens (tertiary/aromatic N) is 5. The third-order valence-electron chi connectivity index (χ3n) is 8.44. The molecule has 0 unspecified atom stereocenters. The van der Waals surface area contributed by atoms with Crippen molar-refractivity contribution in [1.82, 2.24) is 24.8 Å². The molecule has 3 atom stereocenters. The Morgan fingerprint density at radius 2 is 1.68 bits per heavy atom. The number of nitrogens with one attached hydrogen (secondary N) is 1. The minimum Gasteiger partial charge on any atom is -0.488 e. The van der Waals surface area contributed by atoms with Crippen molar-refractivity contribution in [3.8, 4) is 22.9 Å². The van der Waals surface area contributed by atoms with Gasteiger partial charge < -0.3 is 14.4 Å². The molecule has 1 N–H and O–H groups in total. The summed E-state index contributed by atoms with van der Waals surface area (Å²) in [5.74, 6) is 1.01. The van der Waals surface area contributed by atoms with Gasteiger partial charge in [-0.2, -0.15) is 4.98 Å². The highest BCUT2D eigenvalue weighted by atomic mass is 32.2. The lowest BCUT2D eigenvalue weighted by Gasteiger charge is -2.46. The molecule has 0 radical (unpaired) electrons. The molecule has 246 valence electrons. The Balaban J connectivity index is 1.52. The zero-order valence-corrected chi connectivity index (χ0v) is 28.3. The molecule has 2 aromatic carbocycles. The van der Waals surface area contributed by atoms with E-state index >= 15 is 0 Å². The predicted molar refractivity (Wildman–Crippen MR) is 178 cm³/mol. The van der Waals surface area contributed by atoms with Gasteiger partial charge in [0.25, 0.3) is 15.9 Å². The molecule has 1 fully saturated rings. The first-order valence-corrected chi connectivity index (χ1v) is 17.4. The van der Waals surface area contributed by atoms with E-state index in [1.165, 1.54) is 12.1 Å². The van der Waals surface area contributed by atoms with E-state index in [-0.39, 0.29) is 40.2 Å². The monoisotopic (exact) mass is 656 g/mol. The third kappa shape index (κ3) is 6.78. The van der Waals surface area contributed by atoms with Crippen LogP contribution in [0.15, 0.2) is 65.8 Å². The standard InChI is InChI=1S/C35H40N6O5S/c1-20(2)15-29-30-14-13-28(33-36-18-25(19-37-33)45-21(3)4)41(29)34(42)24-11-8-12-26(16-24)47(43,44)40-35-38-27(17-31(39-35)46-30)32-22(5)9-7-10-23(32)6/h7-12,16-21,28-30H,13-15H2,1-6H3,(H,38,39,40)/t28-,29-,30+/m1/s1. The molecular formula is C35H40N6O5S. The smallest absolute Gasteiger partial charge is 0.264 e. The van der Waals surface area contributed by atoms with Crippen molar-refractivity contribution in [1.29, 1.82) is 0 Å². The molecule has 6 bridgehead atoms. The topological polar surface area (TPSA) is 136 Å². The van der Waals surface area contributed by atoms with Gasteiger partial charge in [-0.3, -0.25) is 4.79 Å². The number of carbonyl (C=O) groups excluding carboxylic acids is 1. The van der Waals surface area contributed by atoms with Crippen molar-refractivity contribution >= 4 is 21.9 Å². The number of sulfonamides is 1. The van der Waals surface area contributed by atoms with E-state index < -0.39 is 28.2 Å². The van der Waals surface area contributed by atoms with Gasteiger partial charge in [-0.05, 0) is 82.2 Å².